The molecule has 0 radical (unpaired) electrons. The summed E-state index contributed by atoms with van der Waals surface area (Å²) in [5.74, 6) is 3.09. The number of benzene rings is 2. The van der Waals surface area contributed by atoms with Gasteiger partial charge in [-0.2, -0.15) is 9.50 Å². The Labute approximate surface area is 206 Å². The summed E-state index contributed by atoms with van der Waals surface area (Å²) in [6.07, 6.45) is 5.91. The van der Waals surface area contributed by atoms with Gasteiger partial charge in [-0.3, -0.25) is 4.79 Å². The fourth-order valence-corrected chi connectivity index (χ4v) is 4.80. The first-order valence-corrected chi connectivity index (χ1v) is 12.6. The third kappa shape index (κ3) is 4.95. The van der Waals surface area contributed by atoms with Crippen molar-refractivity contribution in [3.8, 4) is 23.0 Å². The van der Waals surface area contributed by atoms with Crippen LogP contribution in [0, 0.1) is 0 Å². The van der Waals surface area contributed by atoms with Crippen molar-refractivity contribution in [1.29, 1.82) is 0 Å². The molecular weight excluding hydrogens is 466 g/mol. The molecule has 0 saturated carbocycles. The molecule has 1 aliphatic rings. The standard InChI is InChI=1S/C26H27N3O5S/c1-3-4-5-8-13-32-19-12-11-17(14-21(19)31-2)15-23-25(30)29-26(35-23)27-24(28-29)22-16-33-18-9-6-7-10-20(18)34-22/h6-7,9-12,14-15,22H,3-5,8,13,16H2,1-2H3/b23-15+/t22-/m0/s1. The SMILES string of the molecule is CCCCCCOc1ccc(/C=c2/sc3nc([C@@H]4COc5ccccc5O4)nn3c2=O)cc1OC. The Balaban J connectivity index is 1.34. The Morgan fingerprint density at radius 2 is 2.00 bits per heavy atom. The minimum absolute atomic E-state index is 0.226. The number of fused-ring (bicyclic) bond motifs is 2. The van der Waals surface area contributed by atoms with Crippen LogP contribution in [0.3, 0.4) is 0 Å². The fourth-order valence-electron chi connectivity index (χ4n) is 3.89. The smallest absolute Gasteiger partial charge is 0.291 e. The van der Waals surface area contributed by atoms with E-state index in [1.807, 2.05) is 48.5 Å². The number of ether oxygens (including phenoxy) is 4. The molecule has 0 saturated heterocycles. The Morgan fingerprint density at radius 1 is 1.14 bits per heavy atom. The van der Waals surface area contributed by atoms with Crippen molar-refractivity contribution in [1.82, 2.24) is 14.6 Å². The van der Waals surface area contributed by atoms with Crippen LogP contribution < -0.4 is 29.0 Å². The van der Waals surface area contributed by atoms with Gasteiger partial charge in [0.25, 0.3) is 5.56 Å². The number of unbranched alkanes of at least 4 members (excludes halogenated alkanes) is 3. The molecule has 0 unspecified atom stereocenters. The zero-order chi connectivity index (χ0) is 24.2. The number of rotatable bonds is 9. The maximum absolute atomic E-state index is 13.0. The van der Waals surface area contributed by atoms with Gasteiger partial charge in [-0.25, -0.2) is 0 Å². The van der Waals surface area contributed by atoms with E-state index in [9.17, 15) is 4.79 Å². The predicted octanol–water partition coefficient (Wildman–Crippen LogP) is 4.18. The topological polar surface area (TPSA) is 84.2 Å². The minimum Gasteiger partial charge on any atom is -0.493 e. The zero-order valence-corrected chi connectivity index (χ0v) is 20.5. The van der Waals surface area contributed by atoms with Gasteiger partial charge in [0.05, 0.1) is 18.2 Å². The van der Waals surface area contributed by atoms with Gasteiger partial charge in [-0.15, -0.1) is 5.10 Å². The monoisotopic (exact) mass is 493 g/mol. The summed E-state index contributed by atoms with van der Waals surface area (Å²) in [5.41, 5.74) is 0.610. The summed E-state index contributed by atoms with van der Waals surface area (Å²) in [4.78, 5) is 18.0. The second-order valence-corrected chi connectivity index (χ2v) is 9.27. The highest BCUT2D eigenvalue weighted by atomic mass is 32.1. The van der Waals surface area contributed by atoms with E-state index < -0.39 is 6.10 Å². The largest absolute Gasteiger partial charge is 0.493 e. The minimum atomic E-state index is -0.470. The first-order chi connectivity index (χ1) is 17.2. The van der Waals surface area contributed by atoms with E-state index in [4.69, 9.17) is 18.9 Å². The lowest BCUT2D eigenvalue weighted by Crippen LogP contribution is -2.26. The van der Waals surface area contributed by atoms with Gasteiger partial charge in [0, 0.05) is 0 Å². The van der Waals surface area contributed by atoms with Gasteiger partial charge >= 0.3 is 0 Å². The van der Waals surface area contributed by atoms with Crippen molar-refractivity contribution in [3.05, 3.63) is 68.7 Å². The van der Waals surface area contributed by atoms with Crippen LogP contribution in [0.25, 0.3) is 11.0 Å². The zero-order valence-electron chi connectivity index (χ0n) is 19.7. The Hall–Kier alpha value is -3.59. The van der Waals surface area contributed by atoms with Crippen molar-refractivity contribution in [2.24, 2.45) is 0 Å². The molecule has 0 N–H and O–H groups in total. The number of para-hydroxylation sites is 2. The second kappa shape index (κ2) is 10.4. The van der Waals surface area contributed by atoms with Crippen molar-refractivity contribution in [3.63, 3.8) is 0 Å². The first kappa shape index (κ1) is 23.2. The predicted molar refractivity (Wildman–Crippen MR) is 134 cm³/mol. The van der Waals surface area contributed by atoms with Gasteiger partial charge in [0.1, 0.15) is 6.61 Å². The highest BCUT2D eigenvalue weighted by molar-refractivity contribution is 7.15. The molecule has 5 rings (SSSR count). The average molecular weight is 494 g/mol. The Morgan fingerprint density at radius 3 is 2.80 bits per heavy atom. The van der Waals surface area contributed by atoms with Gasteiger partial charge in [-0.1, -0.05) is 55.7 Å². The summed E-state index contributed by atoms with van der Waals surface area (Å²) >= 11 is 1.28. The number of hydrogen-bond donors (Lipinski definition) is 0. The van der Waals surface area contributed by atoms with Crippen molar-refractivity contribution in [2.75, 3.05) is 20.3 Å². The van der Waals surface area contributed by atoms with Crippen LogP contribution in [0.2, 0.25) is 0 Å². The lowest BCUT2D eigenvalue weighted by molar-refractivity contribution is 0.0852. The summed E-state index contributed by atoms with van der Waals surface area (Å²) < 4.78 is 25.0. The molecule has 1 aliphatic heterocycles. The average Bonchev–Trinajstić information content (AvgIpc) is 3.43. The van der Waals surface area contributed by atoms with E-state index in [2.05, 4.69) is 17.0 Å². The Kier molecular flexibility index (Phi) is 6.85. The van der Waals surface area contributed by atoms with Gasteiger partial charge in [0.2, 0.25) is 4.96 Å². The summed E-state index contributed by atoms with van der Waals surface area (Å²) in [6.45, 7) is 3.13. The molecule has 9 heteroatoms. The van der Waals surface area contributed by atoms with Crippen molar-refractivity contribution >= 4 is 22.4 Å². The van der Waals surface area contributed by atoms with Crippen LogP contribution in [-0.4, -0.2) is 34.9 Å². The van der Waals surface area contributed by atoms with Crippen LogP contribution in [0.15, 0.2) is 47.3 Å². The molecule has 4 aromatic rings. The van der Waals surface area contributed by atoms with E-state index in [0.29, 0.717) is 44.9 Å². The number of aromatic nitrogens is 3. The lowest BCUT2D eigenvalue weighted by Gasteiger charge is -2.24. The number of nitrogens with zero attached hydrogens (tertiary/aromatic N) is 3. The van der Waals surface area contributed by atoms with E-state index in [0.717, 1.165) is 18.4 Å². The van der Waals surface area contributed by atoms with E-state index in [-0.39, 0.29) is 12.2 Å². The summed E-state index contributed by atoms with van der Waals surface area (Å²) in [6, 6.07) is 13.1. The van der Waals surface area contributed by atoms with Crippen LogP contribution in [-0.2, 0) is 0 Å². The molecule has 0 spiro atoms. The van der Waals surface area contributed by atoms with Crippen LogP contribution in [0.5, 0.6) is 23.0 Å². The molecular formula is C26H27N3O5S. The fraction of sp³-hybridized carbons (Fsp3) is 0.346. The molecule has 1 atom stereocenters. The van der Waals surface area contributed by atoms with Crippen LogP contribution >= 0.6 is 11.3 Å². The number of methoxy groups -OCH3 is 1. The highest BCUT2D eigenvalue weighted by Gasteiger charge is 2.27. The number of hydrogen-bond acceptors (Lipinski definition) is 8. The Bertz CT molecular complexity index is 1430. The molecule has 0 aliphatic carbocycles. The molecule has 8 nitrogen and oxygen atoms in total. The third-order valence-corrected chi connectivity index (χ3v) is 6.69. The van der Waals surface area contributed by atoms with Crippen molar-refractivity contribution in [2.45, 2.75) is 38.7 Å². The van der Waals surface area contributed by atoms with Gasteiger partial charge < -0.3 is 18.9 Å². The lowest BCUT2D eigenvalue weighted by atomic mass is 10.2. The summed E-state index contributed by atoms with van der Waals surface area (Å²) in [5, 5.41) is 4.41. The van der Waals surface area contributed by atoms with Gasteiger partial charge in [0.15, 0.2) is 34.9 Å². The highest BCUT2D eigenvalue weighted by Crippen LogP contribution is 2.35. The third-order valence-electron chi connectivity index (χ3n) is 5.74. The second-order valence-electron chi connectivity index (χ2n) is 8.26. The molecule has 2 aromatic carbocycles. The van der Waals surface area contributed by atoms with E-state index in [1.165, 1.54) is 28.7 Å². The molecule has 0 amide bonds. The van der Waals surface area contributed by atoms with Crippen LogP contribution in [0.1, 0.15) is 50.1 Å². The van der Waals surface area contributed by atoms with E-state index >= 15 is 0 Å². The normalized spacial score (nSPS) is 15.5. The van der Waals surface area contributed by atoms with Gasteiger partial charge in [-0.05, 0) is 42.3 Å². The summed E-state index contributed by atoms with van der Waals surface area (Å²) in [7, 11) is 1.61. The van der Waals surface area contributed by atoms with E-state index in [1.54, 1.807) is 7.11 Å². The van der Waals surface area contributed by atoms with Crippen LogP contribution in [0.4, 0.5) is 0 Å². The molecule has 182 valence electrons. The molecule has 35 heavy (non-hydrogen) atoms. The molecule has 0 fully saturated rings. The maximum atomic E-state index is 13.0. The first-order valence-electron chi connectivity index (χ1n) is 11.8. The van der Waals surface area contributed by atoms with Crippen molar-refractivity contribution < 1.29 is 18.9 Å². The molecule has 2 aromatic heterocycles. The molecule has 0 bridgehead atoms. The quantitative estimate of drug-likeness (QED) is 0.324. The maximum Gasteiger partial charge on any atom is 0.291 e. The molecule has 3 heterocycles. The number of thiazole rings is 1.